The number of rotatable bonds is 4. The van der Waals surface area contributed by atoms with Gasteiger partial charge in [-0.2, -0.15) is 18.4 Å². The van der Waals surface area contributed by atoms with E-state index in [0.717, 1.165) is 11.1 Å². The second kappa shape index (κ2) is 7.79. The van der Waals surface area contributed by atoms with Gasteiger partial charge in [-0.05, 0) is 10.8 Å². The molecule has 136 valence electrons. The van der Waals surface area contributed by atoms with Crippen LogP contribution in [0.5, 0.6) is 0 Å². The molecule has 0 saturated carbocycles. The van der Waals surface area contributed by atoms with Gasteiger partial charge in [-0.15, -0.1) is 22.6 Å². The van der Waals surface area contributed by atoms with Gasteiger partial charge in [-0.25, -0.2) is 0 Å². The van der Waals surface area contributed by atoms with Crippen molar-refractivity contribution in [1.29, 1.82) is 0 Å². The van der Waals surface area contributed by atoms with Gasteiger partial charge in [0.15, 0.2) is 0 Å². The number of carbonyl (C=O) groups is 1. The molecular formula is C14H16ClF3N6O. The van der Waals surface area contributed by atoms with Crippen molar-refractivity contribution in [3.05, 3.63) is 29.8 Å². The molecule has 0 radical (unpaired) electrons. The standard InChI is InChI=1S/C14H15F3N6O.ClH/c15-14(16,17)11-7-18-6-10(11)13(24)19-5-8-1-3-9(4-2-8)12-20-22-23-21-12;/h1-4,10-11,18H,5-7H2,(H,19,24)(H,20,21,22,23);1H/t10-,11-;/m1./s1. The number of benzene rings is 1. The number of amides is 1. The van der Waals surface area contributed by atoms with Crippen molar-refractivity contribution in [2.45, 2.75) is 12.7 Å². The number of aromatic amines is 1. The number of H-pyrrole nitrogens is 1. The summed E-state index contributed by atoms with van der Waals surface area (Å²) in [6.07, 6.45) is -4.38. The molecule has 1 aliphatic rings. The molecule has 1 aromatic heterocycles. The van der Waals surface area contributed by atoms with Crippen molar-refractivity contribution in [1.82, 2.24) is 31.3 Å². The molecule has 3 rings (SSSR count). The lowest BCUT2D eigenvalue weighted by Gasteiger charge is -2.20. The Labute approximate surface area is 147 Å². The average Bonchev–Trinajstić information content (AvgIpc) is 3.23. The summed E-state index contributed by atoms with van der Waals surface area (Å²) in [7, 11) is 0. The van der Waals surface area contributed by atoms with Gasteiger partial charge < -0.3 is 10.6 Å². The van der Waals surface area contributed by atoms with Crippen LogP contribution in [0.4, 0.5) is 13.2 Å². The number of tetrazole rings is 1. The second-order valence-electron chi connectivity index (χ2n) is 5.56. The highest BCUT2D eigenvalue weighted by Crippen LogP contribution is 2.34. The van der Waals surface area contributed by atoms with Gasteiger partial charge in [0, 0.05) is 25.2 Å². The third kappa shape index (κ3) is 4.45. The molecule has 11 heteroatoms. The largest absolute Gasteiger partial charge is 0.393 e. The first-order chi connectivity index (χ1) is 11.4. The van der Waals surface area contributed by atoms with E-state index in [4.69, 9.17) is 0 Å². The summed E-state index contributed by atoms with van der Waals surface area (Å²) in [5, 5.41) is 18.7. The minimum atomic E-state index is -4.38. The van der Waals surface area contributed by atoms with Crippen LogP contribution < -0.4 is 10.6 Å². The quantitative estimate of drug-likeness (QED) is 0.747. The summed E-state index contributed by atoms with van der Waals surface area (Å²) >= 11 is 0. The summed E-state index contributed by atoms with van der Waals surface area (Å²) < 4.78 is 38.6. The topological polar surface area (TPSA) is 95.6 Å². The first-order valence-electron chi connectivity index (χ1n) is 7.33. The zero-order valence-electron chi connectivity index (χ0n) is 12.9. The van der Waals surface area contributed by atoms with Crippen LogP contribution in [-0.2, 0) is 11.3 Å². The fourth-order valence-corrected chi connectivity index (χ4v) is 2.67. The lowest BCUT2D eigenvalue weighted by atomic mass is 9.94. The lowest BCUT2D eigenvalue weighted by molar-refractivity contribution is -0.182. The Morgan fingerprint density at radius 2 is 1.96 bits per heavy atom. The second-order valence-corrected chi connectivity index (χ2v) is 5.56. The molecule has 25 heavy (non-hydrogen) atoms. The Kier molecular flexibility index (Phi) is 5.96. The number of halogens is 4. The van der Waals surface area contributed by atoms with Crippen molar-refractivity contribution in [3.63, 3.8) is 0 Å². The average molecular weight is 377 g/mol. The van der Waals surface area contributed by atoms with Gasteiger partial charge in [0.05, 0.1) is 11.8 Å². The highest BCUT2D eigenvalue weighted by Gasteiger charge is 2.49. The van der Waals surface area contributed by atoms with Gasteiger partial charge in [0.25, 0.3) is 0 Å². The maximum Gasteiger partial charge on any atom is 0.393 e. The first kappa shape index (κ1) is 19.1. The number of alkyl halides is 3. The van der Waals surface area contributed by atoms with Gasteiger partial charge in [-0.3, -0.25) is 4.79 Å². The summed E-state index contributed by atoms with van der Waals surface area (Å²) in [6, 6.07) is 7.00. The van der Waals surface area contributed by atoms with Crippen molar-refractivity contribution in [2.24, 2.45) is 11.8 Å². The van der Waals surface area contributed by atoms with Crippen molar-refractivity contribution < 1.29 is 18.0 Å². The maximum absolute atomic E-state index is 12.9. The predicted molar refractivity (Wildman–Crippen MR) is 84.6 cm³/mol. The molecule has 0 unspecified atom stereocenters. The van der Waals surface area contributed by atoms with E-state index < -0.39 is 23.9 Å². The number of nitrogens with one attached hydrogen (secondary N) is 3. The molecule has 1 aromatic carbocycles. The molecule has 2 heterocycles. The molecule has 1 fully saturated rings. The van der Waals surface area contributed by atoms with Crippen molar-refractivity contribution in [2.75, 3.05) is 13.1 Å². The Balaban J connectivity index is 0.00000225. The SMILES string of the molecule is Cl.O=C(NCc1ccc(-c2nn[nH]n2)cc1)[C@@H]1CNC[C@H]1C(F)(F)F. The number of hydrogen-bond acceptors (Lipinski definition) is 5. The Bertz CT molecular complexity index is 692. The lowest BCUT2D eigenvalue weighted by Crippen LogP contribution is -2.39. The maximum atomic E-state index is 12.9. The fraction of sp³-hybridized carbons (Fsp3) is 0.429. The van der Waals surface area contributed by atoms with E-state index in [1.807, 2.05) is 0 Å². The van der Waals surface area contributed by atoms with Crippen molar-refractivity contribution in [3.8, 4) is 11.4 Å². The normalized spacial score (nSPS) is 20.1. The van der Waals surface area contributed by atoms with Crippen molar-refractivity contribution >= 4 is 18.3 Å². The smallest absolute Gasteiger partial charge is 0.352 e. The summed E-state index contributed by atoms with van der Waals surface area (Å²) in [4.78, 5) is 12.0. The summed E-state index contributed by atoms with van der Waals surface area (Å²) in [5.74, 6) is -2.89. The van der Waals surface area contributed by atoms with Crippen LogP contribution >= 0.6 is 12.4 Å². The monoisotopic (exact) mass is 376 g/mol. The molecule has 0 aliphatic carbocycles. The van der Waals surface area contributed by atoms with Crippen LogP contribution in [0, 0.1) is 11.8 Å². The van der Waals surface area contributed by atoms with Crippen LogP contribution in [-0.4, -0.2) is 45.8 Å². The molecule has 7 nitrogen and oxygen atoms in total. The van der Waals surface area contributed by atoms with Crippen LogP contribution in [0.1, 0.15) is 5.56 Å². The molecule has 2 atom stereocenters. The van der Waals surface area contributed by atoms with Gasteiger partial charge in [0.2, 0.25) is 11.7 Å². The highest BCUT2D eigenvalue weighted by atomic mass is 35.5. The van der Waals surface area contributed by atoms with Gasteiger partial charge >= 0.3 is 6.18 Å². The number of aromatic nitrogens is 4. The van der Waals surface area contributed by atoms with E-state index in [-0.39, 0.29) is 32.0 Å². The van der Waals surface area contributed by atoms with Crippen LogP contribution in [0.2, 0.25) is 0 Å². The molecule has 1 aliphatic heterocycles. The molecule has 2 aromatic rings. The van der Waals surface area contributed by atoms with E-state index in [1.54, 1.807) is 24.3 Å². The molecule has 3 N–H and O–H groups in total. The van der Waals surface area contributed by atoms with E-state index in [2.05, 4.69) is 31.3 Å². The van der Waals surface area contributed by atoms with E-state index in [1.165, 1.54) is 0 Å². The molecule has 1 amide bonds. The van der Waals surface area contributed by atoms with E-state index in [0.29, 0.717) is 5.82 Å². The fourth-order valence-electron chi connectivity index (χ4n) is 2.67. The Morgan fingerprint density at radius 3 is 2.56 bits per heavy atom. The molecular weight excluding hydrogens is 361 g/mol. The number of carbonyl (C=O) groups excluding carboxylic acids is 1. The van der Waals surface area contributed by atoms with Crippen LogP contribution in [0.3, 0.4) is 0 Å². The predicted octanol–water partition coefficient (Wildman–Crippen LogP) is 1.30. The minimum Gasteiger partial charge on any atom is -0.352 e. The van der Waals surface area contributed by atoms with Crippen LogP contribution in [0.15, 0.2) is 24.3 Å². The molecule has 0 bridgehead atoms. The third-order valence-corrected chi connectivity index (χ3v) is 4.00. The third-order valence-electron chi connectivity index (χ3n) is 4.00. The highest BCUT2D eigenvalue weighted by molar-refractivity contribution is 5.85. The Morgan fingerprint density at radius 1 is 1.24 bits per heavy atom. The van der Waals surface area contributed by atoms with E-state index in [9.17, 15) is 18.0 Å². The minimum absolute atomic E-state index is 0. The number of nitrogens with zero attached hydrogens (tertiary/aromatic N) is 3. The molecule has 0 spiro atoms. The molecule has 1 saturated heterocycles. The first-order valence-corrected chi connectivity index (χ1v) is 7.33. The zero-order valence-corrected chi connectivity index (χ0v) is 13.7. The zero-order chi connectivity index (χ0) is 17.2. The van der Waals surface area contributed by atoms with Gasteiger partial charge in [-0.1, -0.05) is 24.3 Å². The van der Waals surface area contributed by atoms with E-state index >= 15 is 0 Å². The van der Waals surface area contributed by atoms with Gasteiger partial charge in [0.1, 0.15) is 0 Å². The van der Waals surface area contributed by atoms with Crippen LogP contribution in [0.25, 0.3) is 11.4 Å². The Hall–Kier alpha value is -2.20. The number of hydrogen-bond donors (Lipinski definition) is 3. The summed E-state index contributed by atoms with van der Waals surface area (Å²) in [5.41, 5.74) is 1.51. The summed E-state index contributed by atoms with van der Waals surface area (Å²) in [6.45, 7) is -0.0276.